The van der Waals surface area contributed by atoms with E-state index in [4.69, 9.17) is 14.2 Å². The van der Waals surface area contributed by atoms with Crippen LogP contribution in [0.2, 0.25) is 0 Å². The quantitative estimate of drug-likeness (QED) is 0.228. The summed E-state index contributed by atoms with van der Waals surface area (Å²) in [6.07, 6.45) is 19.4. The Kier molecular flexibility index (Phi) is 20.2. The number of hydrogen-bond donors (Lipinski definition) is 0. The molecule has 0 aromatic carbocycles. The molecule has 23 heavy (non-hydrogen) atoms. The molecule has 0 unspecified atom stereocenters. The van der Waals surface area contributed by atoms with E-state index in [9.17, 15) is 0 Å². The summed E-state index contributed by atoms with van der Waals surface area (Å²) in [6, 6.07) is 0. The van der Waals surface area contributed by atoms with Gasteiger partial charge in [-0.25, -0.2) is 0 Å². The highest BCUT2D eigenvalue weighted by molar-refractivity contribution is 4.70. The summed E-state index contributed by atoms with van der Waals surface area (Å²) in [5.41, 5.74) is 0. The molecule has 0 aromatic rings. The van der Waals surface area contributed by atoms with Gasteiger partial charge in [-0.15, -0.1) is 0 Å². The summed E-state index contributed by atoms with van der Waals surface area (Å²) >= 11 is 0. The first-order valence-electron chi connectivity index (χ1n) is 9.52. The summed E-state index contributed by atoms with van der Waals surface area (Å²) in [4.78, 5) is 0. The van der Waals surface area contributed by atoms with Crippen LogP contribution in [0.5, 0.6) is 0 Å². The lowest BCUT2D eigenvalue weighted by Gasteiger charge is -2.05. The van der Waals surface area contributed by atoms with E-state index in [0.717, 1.165) is 52.1 Å². The SMILES string of the molecule is CCC=COCCCCCCOCCCCCCOC=CCC. The maximum Gasteiger partial charge on any atom is 0.0873 e. The van der Waals surface area contributed by atoms with E-state index >= 15 is 0 Å². The van der Waals surface area contributed by atoms with E-state index in [2.05, 4.69) is 13.8 Å². The highest BCUT2D eigenvalue weighted by Crippen LogP contribution is 2.03. The lowest BCUT2D eigenvalue weighted by atomic mass is 10.2. The van der Waals surface area contributed by atoms with Crippen LogP contribution in [0, 0.1) is 0 Å². The summed E-state index contributed by atoms with van der Waals surface area (Å²) in [5.74, 6) is 0. The monoisotopic (exact) mass is 326 g/mol. The van der Waals surface area contributed by atoms with E-state index in [-0.39, 0.29) is 0 Å². The number of allylic oxidation sites excluding steroid dienone is 2. The minimum Gasteiger partial charge on any atom is -0.502 e. The number of unbranched alkanes of at least 4 members (excludes halogenated alkanes) is 6. The van der Waals surface area contributed by atoms with Crippen molar-refractivity contribution in [3.8, 4) is 0 Å². The molecule has 136 valence electrons. The molecule has 0 saturated heterocycles. The van der Waals surface area contributed by atoms with Crippen LogP contribution < -0.4 is 0 Å². The Labute approximate surface area is 144 Å². The minimum atomic E-state index is 0.843. The van der Waals surface area contributed by atoms with Crippen molar-refractivity contribution in [2.24, 2.45) is 0 Å². The van der Waals surface area contributed by atoms with Gasteiger partial charge in [-0.1, -0.05) is 38.8 Å². The van der Waals surface area contributed by atoms with Gasteiger partial charge in [-0.2, -0.15) is 0 Å². The lowest BCUT2D eigenvalue weighted by Crippen LogP contribution is -1.98. The zero-order valence-corrected chi connectivity index (χ0v) is 15.4. The molecular weight excluding hydrogens is 288 g/mol. The van der Waals surface area contributed by atoms with Gasteiger partial charge in [0, 0.05) is 13.2 Å². The van der Waals surface area contributed by atoms with Crippen LogP contribution >= 0.6 is 0 Å². The van der Waals surface area contributed by atoms with Crippen LogP contribution in [0.1, 0.15) is 78.1 Å². The van der Waals surface area contributed by atoms with Gasteiger partial charge in [0.05, 0.1) is 25.7 Å². The van der Waals surface area contributed by atoms with Crippen molar-refractivity contribution in [1.82, 2.24) is 0 Å². The predicted molar refractivity (Wildman–Crippen MR) is 98.5 cm³/mol. The molecule has 0 saturated carbocycles. The Morgan fingerprint density at radius 1 is 0.522 bits per heavy atom. The second kappa shape index (κ2) is 21.0. The number of ether oxygens (including phenoxy) is 3. The molecule has 0 aliphatic heterocycles. The van der Waals surface area contributed by atoms with Gasteiger partial charge in [0.1, 0.15) is 0 Å². The third kappa shape index (κ3) is 21.0. The minimum absolute atomic E-state index is 0.843. The van der Waals surface area contributed by atoms with Crippen LogP contribution in [0.25, 0.3) is 0 Å². The first-order chi connectivity index (χ1) is 11.4. The first kappa shape index (κ1) is 22.0. The molecule has 0 amide bonds. The van der Waals surface area contributed by atoms with Crippen molar-refractivity contribution in [3.05, 3.63) is 24.7 Å². The van der Waals surface area contributed by atoms with Crippen LogP contribution in [0.4, 0.5) is 0 Å². The summed E-state index contributed by atoms with van der Waals surface area (Å²) in [5, 5.41) is 0. The molecule has 0 radical (unpaired) electrons. The van der Waals surface area contributed by atoms with Crippen molar-refractivity contribution >= 4 is 0 Å². The Morgan fingerprint density at radius 2 is 0.913 bits per heavy atom. The maximum atomic E-state index is 5.67. The fourth-order valence-electron chi connectivity index (χ4n) is 2.05. The van der Waals surface area contributed by atoms with E-state index in [0.29, 0.717) is 0 Å². The molecule has 3 heteroatoms. The van der Waals surface area contributed by atoms with Gasteiger partial charge in [-0.05, 0) is 51.4 Å². The molecule has 3 nitrogen and oxygen atoms in total. The van der Waals surface area contributed by atoms with Gasteiger partial charge in [0.15, 0.2) is 0 Å². The van der Waals surface area contributed by atoms with Crippen molar-refractivity contribution in [3.63, 3.8) is 0 Å². The van der Waals surface area contributed by atoms with E-state index < -0.39 is 0 Å². The molecule has 0 bridgehead atoms. The second-order valence-electron chi connectivity index (χ2n) is 5.74. The Balaban J connectivity index is 3.00. The molecule has 0 rings (SSSR count). The summed E-state index contributed by atoms with van der Waals surface area (Å²) in [6.45, 7) is 7.72. The van der Waals surface area contributed by atoms with Gasteiger partial charge >= 0.3 is 0 Å². The third-order valence-corrected chi connectivity index (χ3v) is 3.46. The molecular formula is C20H38O3. The second-order valence-corrected chi connectivity index (χ2v) is 5.74. The highest BCUT2D eigenvalue weighted by atomic mass is 16.5. The van der Waals surface area contributed by atoms with Crippen LogP contribution in [-0.4, -0.2) is 26.4 Å². The lowest BCUT2D eigenvalue weighted by molar-refractivity contribution is 0.124. The molecule has 0 spiro atoms. The fourth-order valence-corrected chi connectivity index (χ4v) is 2.05. The zero-order chi connectivity index (χ0) is 16.8. The normalized spacial score (nSPS) is 11.6. The van der Waals surface area contributed by atoms with Crippen molar-refractivity contribution in [2.75, 3.05) is 26.4 Å². The van der Waals surface area contributed by atoms with Crippen LogP contribution in [0.15, 0.2) is 24.7 Å². The standard InChI is InChI=1S/C20H38O3/c1-3-5-15-21-17-11-7-9-13-19-23-20-14-10-8-12-18-22-16-6-4-2/h5-6,15-16H,3-4,7-14,17-20H2,1-2H3. The van der Waals surface area contributed by atoms with Gasteiger partial charge in [0.2, 0.25) is 0 Å². The predicted octanol–water partition coefficient (Wildman–Crippen LogP) is 6.00. The molecule has 0 aliphatic carbocycles. The third-order valence-electron chi connectivity index (χ3n) is 3.46. The van der Waals surface area contributed by atoms with E-state index in [1.54, 1.807) is 0 Å². The molecule has 0 aliphatic rings. The van der Waals surface area contributed by atoms with Gasteiger partial charge in [0.25, 0.3) is 0 Å². The first-order valence-corrected chi connectivity index (χ1v) is 9.52. The van der Waals surface area contributed by atoms with Crippen molar-refractivity contribution in [1.29, 1.82) is 0 Å². The molecule has 0 N–H and O–H groups in total. The fraction of sp³-hybridized carbons (Fsp3) is 0.800. The van der Waals surface area contributed by atoms with Gasteiger partial charge < -0.3 is 14.2 Å². The van der Waals surface area contributed by atoms with E-state index in [1.807, 2.05) is 24.7 Å². The smallest absolute Gasteiger partial charge is 0.0873 e. The average Bonchev–Trinajstić information content (AvgIpc) is 2.57. The summed E-state index contributed by atoms with van der Waals surface area (Å²) in [7, 11) is 0. The molecule has 0 atom stereocenters. The average molecular weight is 327 g/mol. The van der Waals surface area contributed by atoms with Crippen LogP contribution in [-0.2, 0) is 14.2 Å². The van der Waals surface area contributed by atoms with Crippen molar-refractivity contribution < 1.29 is 14.2 Å². The highest BCUT2D eigenvalue weighted by Gasteiger charge is 1.93. The largest absolute Gasteiger partial charge is 0.502 e. The van der Waals surface area contributed by atoms with E-state index in [1.165, 1.54) is 38.5 Å². The van der Waals surface area contributed by atoms with Crippen molar-refractivity contribution in [2.45, 2.75) is 78.1 Å². The summed E-state index contributed by atoms with van der Waals surface area (Å²) < 4.78 is 16.4. The Hall–Kier alpha value is -0.960. The van der Waals surface area contributed by atoms with Gasteiger partial charge in [-0.3, -0.25) is 0 Å². The molecule has 0 heterocycles. The Morgan fingerprint density at radius 3 is 1.30 bits per heavy atom. The van der Waals surface area contributed by atoms with Crippen LogP contribution in [0.3, 0.4) is 0 Å². The number of hydrogen-bond acceptors (Lipinski definition) is 3. The Bertz CT molecular complexity index is 236. The topological polar surface area (TPSA) is 27.7 Å². The molecule has 0 aromatic heterocycles. The molecule has 0 fully saturated rings. The maximum absolute atomic E-state index is 5.67. The zero-order valence-electron chi connectivity index (χ0n) is 15.4. The number of rotatable bonds is 18.